The van der Waals surface area contributed by atoms with Gasteiger partial charge in [0.05, 0.1) is 22.3 Å². The van der Waals surface area contributed by atoms with Gasteiger partial charge in [0.15, 0.2) is 5.75 Å². The highest BCUT2D eigenvalue weighted by Gasteiger charge is 2.22. The lowest BCUT2D eigenvalue weighted by Gasteiger charge is -2.14. The number of carbonyl (C=O) groups is 1. The van der Waals surface area contributed by atoms with E-state index in [-0.39, 0.29) is 22.6 Å². The molecule has 0 aliphatic carbocycles. The molecule has 1 heterocycles. The second-order valence-corrected chi connectivity index (χ2v) is 5.10. The number of phenolic OH excluding ortho intramolecular Hbond substituents is 1. The summed E-state index contributed by atoms with van der Waals surface area (Å²) in [7, 11) is 0. The molecular weight excluding hydrogens is 278 g/mol. The van der Waals surface area contributed by atoms with Gasteiger partial charge in [-0.2, -0.15) is 5.10 Å². The molecule has 2 rings (SSSR count). The first-order valence-electron chi connectivity index (χ1n) is 6.21. The summed E-state index contributed by atoms with van der Waals surface area (Å²) in [5.74, 6) is -0.738. The van der Waals surface area contributed by atoms with Crippen LogP contribution in [-0.4, -0.2) is 21.2 Å². The van der Waals surface area contributed by atoms with E-state index in [1.807, 2.05) is 13.8 Å². The summed E-state index contributed by atoms with van der Waals surface area (Å²) in [5.41, 5.74) is 2.82. The third-order valence-corrected chi connectivity index (χ3v) is 3.56. The molecule has 2 aromatic rings. The molecule has 0 aliphatic heterocycles. The number of halogens is 1. The van der Waals surface area contributed by atoms with Crippen LogP contribution in [0.2, 0.25) is 5.02 Å². The van der Waals surface area contributed by atoms with Crippen molar-refractivity contribution in [3.8, 4) is 5.75 Å². The van der Waals surface area contributed by atoms with Crippen molar-refractivity contribution in [1.29, 1.82) is 0 Å². The number of nitrogens with zero attached hydrogens (tertiary/aromatic N) is 1. The van der Waals surface area contributed by atoms with Crippen LogP contribution >= 0.6 is 11.6 Å². The standard InChI is InChI=1S/C14H16ClN3O2/c1-7(12-8(2)17-18-9(12)3)14(20)16-11-6-4-5-10(15)13(11)19/h4-7,19H,1-3H3,(H,16,20)(H,17,18). The molecule has 1 aromatic carbocycles. The van der Waals surface area contributed by atoms with Crippen LogP contribution in [0.4, 0.5) is 5.69 Å². The molecule has 1 unspecified atom stereocenters. The second kappa shape index (κ2) is 5.54. The minimum atomic E-state index is -0.382. The number of carbonyl (C=O) groups excluding carboxylic acids is 1. The van der Waals surface area contributed by atoms with Gasteiger partial charge in [-0.15, -0.1) is 0 Å². The van der Waals surface area contributed by atoms with Crippen LogP contribution in [0.3, 0.4) is 0 Å². The fourth-order valence-corrected chi connectivity index (χ4v) is 2.36. The Balaban J connectivity index is 2.22. The largest absolute Gasteiger partial charge is 0.504 e. The number of anilines is 1. The van der Waals surface area contributed by atoms with Crippen LogP contribution in [0, 0.1) is 13.8 Å². The van der Waals surface area contributed by atoms with E-state index in [1.165, 1.54) is 0 Å². The van der Waals surface area contributed by atoms with Crippen LogP contribution in [-0.2, 0) is 4.79 Å². The maximum absolute atomic E-state index is 12.3. The van der Waals surface area contributed by atoms with Crippen molar-refractivity contribution in [3.63, 3.8) is 0 Å². The first kappa shape index (κ1) is 14.4. The number of aromatic amines is 1. The Morgan fingerprint density at radius 2 is 2.15 bits per heavy atom. The fourth-order valence-electron chi connectivity index (χ4n) is 2.19. The Kier molecular flexibility index (Phi) is 3.99. The van der Waals surface area contributed by atoms with E-state index in [0.29, 0.717) is 5.69 Å². The number of nitrogens with one attached hydrogen (secondary N) is 2. The lowest BCUT2D eigenvalue weighted by Crippen LogP contribution is -2.19. The van der Waals surface area contributed by atoms with E-state index in [0.717, 1.165) is 17.0 Å². The molecule has 6 heteroatoms. The minimum absolute atomic E-state index is 0.129. The summed E-state index contributed by atoms with van der Waals surface area (Å²) in [6, 6.07) is 4.82. The Morgan fingerprint density at radius 1 is 1.45 bits per heavy atom. The number of aromatic hydroxyl groups is 1. The Hall–Kier alpha value is -2.01. The highest BCUT2D eigenvalue weighted by atomic mass is 35.5. The maximum Gasteiger partial charge on any atom is 0.231 e. The number of hydrogen-bond acceptors (Lipinski definition) is 3. The Morgan fingerprint density at radius 3 is 2.75 bits per heavy atom. The molecule has 0 aliphatic rings. The number of para-hydroxylation sites is 1. The van der Waals surface area contributed by atoms with Gasteiger partial charge in [0.25, 0.3) is 0 Å². The van der Waals surface area contributed by atoms with Crippen molar-refractivity contribution in [3.05, 3.63) is 40.2 Å². The summed E-state index contributed by atoms with van der Waals surface area (Å²) in [4.78, 5) is 12.3. The van der Waals surface area contributed by atoms with Gasteiger partial charge in [0.1, 0.15) is 0 Å². The van der Waals surface area contributed by atoms with E-state index in [1.54, 1.807) is 25.1 Å². The summed E-state index contributed by atoms with van der Waals surface area (Å²) in [5, 5.41) is 19.6. The molecule has 3 N–H and O–H groups in total. The number of H-pyrrole nitrogens is 1. The van der Waals surface area contributed by atoms with Gasteiger partial charge in [0, 0.05) is 11.3 Å². The number of hydrogen-bond donors (Lipinski definition) is 3. The Labute approximate surface area is 122 Å². The predicted molar refractivity (Wildman–Crippen MR) is 78.2 cm³/mol. The summed E-state index contributed by atoms with van der Waals surface area (Å²) in [6.07, 6.45) is 0. The van der Waals surface area contributed by atoms with E-state index in [2.05, 4.69) is 15.5 Å². The molecule has 0 radical (unpaired) electrons. The lowest BCUT2D eigenvalue weighted by atomic mass is 9.98. The van der Waals surface area contributed by atoms with Gasteiger partial charge in [-0.25, -0.2) is 0 Å². The van der Waals surface area contributed by atoms with Gasteiger partial charge in [-0.1, -0.05) is 17.7 Å². The van der Waals surface area contributed by atoms with Crippen molar-refractivity contribution in [2.75, 3.05) is 5.32 Å². The molecule has 106 valence electrons. The van der Waals surface area contributed by atoms with Gasteiger partial charge < -0.3 is 10.4 Å². The smallest absolute Gasteiger partial charge is 0.231 e. The van der Waals surface area contributed by atoms with Crippen molar-refractivity contribution >= 4 is 23.2 Å². The zero-order valence-corrected chi connectivity index (χ0v) is 12.2. The first-order valence-corrected chi connectivity index (χ1v) is 6.59. The summed E-state index contributed by atoms with van der Waals surface area (Å²) >= 11 is 5.81. The molecule has 20 heavy (non-hydrogen) atoms. The molecule has 0 fully saturated rings. The molecule has 0 spiro atoms. The van der Waals surface area contributed by atoms with E-state index in [4.69, 9.17) is 11.6 Å². The quantitative estimate of drug-likeness (QED) is 0.761. The molecule has 0 bridgehead atoms. The molecular formula is C14H16ClN3O2. The normalized spacial score (nSPS) is 12.2. The number of rotatable bonds is 3. The van der Waals surface area contributed by atoms with Gasteiger partial charge in [-0.3, -0.25) is 9.89 Å². The monoisotopic (exact) mass is 293 g/mol. The average Bonchev–Trinajstić information content (AvgIpc) is 2.73. The van der Waals surface area contributed by atoms with E-state index < -0.39 is 0 Å². The number of phenols is 1. The van der Waals surface area contributed by atoms with Gasteiger partial charge >= 0.3 is 0 Å². The Bertz CT molecular complexity index is 632. The summed E-state index contributed by atoms with van der Waals surface area (Å²) in [6.45, 7) is 5.51. The fraction of sp³-hybridized carbons (Fsp3) is 0.286. The molecule has 1 amide bonds. The van der Waals surface area contributed by atoms with Crippen molar-refractivity contribution in [2.24, 2.45) is 0 Å². The number of amides is 1. The van der Waals surface area contributed by atoms with E-state index >= 15 is 0 Å². The average molecular weight is 294 g/mol. The highest BCUT2D eigenvalue weighted by Crippen LogP contribution is 2.32. The van der Waals surface area contributed by atoms with Crippen molar-refractivity contribution in [2.45, 2.75) is 26.7 Å². The SMILES string of the molecule is Cc1n[nH]c(C)c1C(C)C(=O)Nc1cccc(Cl)c1O. The first-order chi connectivity index (χ1) is 9.41. The van der Waals surface area contributed by atoms with Gasteiger partial charge in [0.2, 0.25) is 5.91 Å². The predicted octanol–water partition coefficient (Wildman–Crippen LogP) is 3.13. The molecule has 0 saturated heterocycles. The third kappa shape index (κ3) is 2.63. The van der Waals surface area contributed by atoms with Crippen molar-refractivity contribution < 1.29 is 9.90 Å². The summed E-state index contributed by atoms with van der Waals surface area (Å²) < 4.78 is 0. The lowest BCUT2D eigenvalue weighted by molar-refractivity contribution is -0.117. The zero-order valence-electron chi connectivity index (χ0n) is 11.5. The van der Waals surface area contributed by atoms with Crippen LogP contribution in [0.25, 0.3) is 0 Å². The molecule has 5 nitrogen and oxygen atoms in total. The molecule has 1 aromatic heterocycles. The van der Waals surface area contributed by atoms with Crippen LogP contribution in [0.15, 0.2) is 18.2 Å². The number of aromatic nitrogens is 2. The second-order valence-electron chi connectivity index (χ2n) is 4.69. The number of benzene rings is 1. The van der Waals surface area contributed by atoms with E-state index in [9.17, 15) is 9.90 Å². The van der Waals surface area contributed by atoms with Gasteiger partial charge in [-0.05, 0) is 32.9 Å². The maximum atomic E-state index is 12.3. The minimum Gasteiger partial charge on any atom is -0.504 e. The van der Waals surface area contributed by atoms with Crippen molar-refractivity contribution in [1.82, 2.24) is 10.2 Å². The highest BCUT2D eigenvalue weighted by molar-refractivity contribution is 6.32. The van der Waals surface area contributed by atoms with Crippen LogP contribution < -0.4 is 5.32 Å². The third-order valence-electron chi connectivity index (χ3n) is 3.26. The molecule has 1 atom stereocenters. The zero-order chi connectivity index (χ0) is 14.9. The topological polar surface area (TPSA) is 78.0 Å². The molecule has 0 saturated carbocycles. The number of aryl methyl sites for hydroxylation is 2. The van der Waals surface area contributed by atoms with Crippen LogP contribution in [0.1, 0.15) is 29.8 Å². The van der Waals surface area contributed by atoms with Crippen LogP contribution in [0.5, 0.6) is 5.75 Å².